The molecule has 1 amide bonds. The van der Waals surface area contributed by atoms with Gasteiger partial charge in [0.25, 0.3) is 5.91 Å². The van der Waals surface area contributed by atoms with Gasteiger partial charge < -0.3 is 25.0 Å². The number of carbonyl (C=O) groups is 1. The van der Waals surface area contributed by atoms with E-state index in [1.165, 1.54) is 49.8 Å². The second-order valence-corrected chi connectivity index (χ2v) is 7.87. The molecule has 0 atom stereocenters. The van der Waals surface area contributed by atoms with E-state index in [1.54, 1.807) is 0 Å². The highest BCUT2D eigenvalue weighted by molar-refractivity contribution is 5.95. The lowest BCUT2D eigenvalue weighted by Gasteiger charge is -2.32. The van der Waals surface area contributed by atoms with Crippen molar-refractivity contribution < 1.29 is 31.8 Å². The highest BCUT2D eigenvalue weighted by atomic mass is 19.4. The summed E-state index contributed by atoms with van der Waals surface area (Å²) in [6, 6.07) is 9.09. The van der Waals surface area contributed by atoms with E-state index < -0.39 is 18.1 Å². The van der Waals surface area contributed by atoms with Gasteiger partial charge in [-0.2, -0.15) is 4.98 Å². The Morgan fingerprint density at radius 1 is 1.06 bits per heavy atom. The van der Waals surface area contributed by atoms with E-state index in [2.05, 4.69) is 30.3 Å². The van der Waals surface area contributed by atoms with Gasteiger partial charge in [-0.1, -0.05) is 0 Å². The van der Waals surface area contributed by atoms with Gasteiger partial charge >= 0.3 is 6.36 Å². The van der Waals surface area contributed by atoms with Crippen LogP contribution < -0.4 is 25.0 Å². The van der Waals surface area contributed by atoms with Crippen molar-refractivity contribution in [3.8, 4) is 11.5 Å². The van der Waals surface area contributed by atoms with Crippen LogP contribution in [0, 0.1) is 5.82 Å². The zero-order valence-corrected chi connectivity index (χ0v) is 19.1. The Morgan fingerprint density at radius 3 is 2.42 bits per heavy atom. The molecule has 0 unspecified atom stereocenters. The molecule has 0 saturated carbocycles. The molecule has 1 saturated heterocycles. The van der Waals surface area contributed by atoms with Crippen molar-refractivity contribution in [1.82, 2.24) is 20.3 Å². The molecule has 190 valence electrons. The van der Waals surface area contributed by atoms with Crippen LogP contribution in [0.25, 0.3) is 0 Å². The molecule has 3 aromatic rings. The molecular formula is C23H22F4N6O3. The Bertz CT molecular complexity index is 1200. The minimum atomic E-state index is -4.74. The van der Waals surface area contributed by atoms with Crippen molar-refractivity contribution in [3.05, 3.63) is 60.2 Å². The van der Waals surface area contributed by atoms with E-state index in [9.17, 15) is 22.4 Å². The second-order valence-electron chi connectivity index (χ2n) is 7.87. The summed E-state index contributed by atoms with van der Waals surface area (Å²) in [5.41, 5.74) is 0.461. The number of rotatable bonds is 7. The van der Waals surface area contributed by atoms with Crippen molar-refractivity contribution in [1.29, 1.82) is 0 Å². The minimum Gasteiger partial charge on any atom is -0.490 e. The maximum Gasteiger partial charge on any atom is 0.573 e. The van der Waals surface area contributed by atoms with E-state index in [1.807, 2.05) is 4.90 Å². The number of amides is 1. The lowest BCUT2D eigenvalue weighted by Crippen LogP contribution is -2.39. The molecule has 36 heavy (non-hydrogen) atoms. The zero-order valence-electron chi connectivity index (χ0n) is 19.1. The van der Waals surface area contributed by atoms with Crippen molar-refractivity contribution >= 4 is 23.5 Å². The van der Waals surface area contributed by atoms with Crippen LogP contribution in [-0.4, -0.2) is 53.5 Å². The Kier molecular flexibility index (Phi) is 7.36. The molecule has 2 N–H and O–H groups in total. The second kappa shape index (κ2) is 10.6. The number of carbonyl (C=O) groups excluding carboxylic acids is 1. The molecule has 13 heteroatoms. The van der Waals surface area contributed by atoms with Crippen LogP contribution in [-0.2, 0) is 0 Å². The van der Waals surface area contributed by atoms with Crippen molar-refractivity contribution in [3.63, 3.8) is 0 Å². The van der Waals surface area contributed by atoms with Crippen LogP contribution in [0.15, 0.2) is 48.8 Å². The monoisotopic (exact) mass is 506 g/mol. The molecule has 0 radical (unpaired) electrons. The maximum absolute atomic E-state index is 13.9. The minimum absolute atomic E-state index is 0.134. The summed E-state index contributed by atoms with van der Waals surface area (Å²) >= 11 is 0. The lowest BCUT2D eigenvalue weighted by molar-refractivity contribution is -0.274. The average molecular weight is 506 g/mol. The van der Waals surface area contributed by atoms with Crippen LogP contribution in [0.4, 0.5) is 35.1 Å². The summed E-state index contributed by atoms with van der Waals surface area (Å²) in [4.78, 5) is 26.4. The fourth-order valence-corrected chi connectivity index (χ4v) is 3.65. The van der Waals surface area contributed by atoms with Gasteiger partial charge in [-0.3, -0.25) is 4.79 Å². The molecule has 1 fully saturated rings. The van der Waals surface area contributed by atoms with Gasteiger partial charge in [0.1, 0.15) is 29.7 Å². The number of hydrogen-bond donors (Lipinski definition) is 2. The lowest BCUT2D eigenvalue weighted by atomic mass is 10.1. The Hall–Kier alpha value is -4.16. The molecular weight excluding hydrogens is 484 g/mol. The summed E-state index contributed by atoms with van der Waals surface area (Å²) in [6.07, 6.45) is -2.28. The highest BCUT2D eigenvalue weighted by Crippen LogP contribution is 2.27. The number of alkyl halides is 3. The predicted octanol–water partition coefficient (Wildman–Crippen LogP) is 4.06. The van der Waals surface area contributed by atoms with E-state index in [0.717, 1.165) is 6.07 Å². The number of aromatic nitrogens is 3. The van der Waals surface area contributed by atoms with Gasteiger partial charge in [-0.25, -0.2) is 14.4 Å². The number of nitrogens with zero attached hydrogens (tertiary/aromatic N) is 4. The topological polar surface area (TPSA) is 102 Å². The molecule has 1 aliphatic heterocycles. The Morgan fingerprint density at radius 2 is 1.75 bits per heavy atom. The fraction of sp³-hybridized carbons (Fsp3) is 0.304. The van der Waals surface area contributed by atoms with Gasteiger partial charge in [-0.05, 0) is 42.5 Å². The third-order valence-electron chi connectivity index (χ3n) is 5.29. The number of nitrogens with one attached hydrogen (secondary N) is 2. The first-order chi connectivity index (χ1) is 17.2. The number of halogens is 4. The van der Waals surface area contributed by atoms with Gasteiger partial charge in [0.2, 0.25) is 11.9 Å². The van der Waals surface area contributed by atoms with Gasteiger partial charge in [0.05, 0.1) is 0 Å². The van der Waals surface area contributed by atoms with Gasteiger partial charge in [-0.15, -0.1) is 13.2 Å². The Balaban J connectivity index is 1.34. The van der Waals surface area contributed by atoms with Crippen LogP contribution in [0.5, 0.6) is 11.5 Å². The third-order valence-corrected chi connectivity index (χ3v) is 5.29. The SMILES string of the molecule is CNC(=O)c1cc(F)cc(Nc2ncnc(N3CCC(Oc4ccc(OC(F)(F)F)cc4)CC3)n2)c1. The first-order valence-corrected chi connectivity index (χ1v) is 10.9. The van der Waals surface area contributed by atoms with Crippen molar-refractivity contribution in [2.24, 2.45) is 0 Å². The number of hydrogen-bond acceptors (Lipinski definition) is 8. The first kappa shape index (κ1) is 24.9. The number of piperidine rings is 1. The molecule has 2 aromatic carbocycles. The van der Waals surface area contributed by atoms with Gasteiger partial charge in [0, 0.05) is 44.2 Å². The molecule has 1 aromatic heterocycles. The van der Waals surface area contributed by atoms with E-state index in [-0.39, 0.29) is 23.4 Å². The van der Waals surface area contributed by atoms with Crippen LogP contribution in [0.1, 0.15) is 23.2 Å². The summed E-state index contributed by atoms with van der Waals surface area (Å²) in [5, 5.41) is 5.33. The average Bonchev–Trinajstić information content (AvgIpc) is 2.84. The van der Waals surface area contributed by atoms with Gasteiger partial charge in [0.15, 0.2) is 0 Å². The zero-order chi connectivity index (χ0) is 25.7. The molecule has 2 heterocycles. The van der Waals surface area contributed by atoms with E-state index in [4.69, 9.17) is 4.74 Å². The van der Waals surface area contributed by atoms with Crippen molar-refractivity contribution in [2.75, 3.05) is 30.4 Å². The number of anilines is 3. The fourth-order valence-electron chi connectivity index (χ4n) is 3.65. The Labute approximate surface area is 203 Å². The molecule has 4 rings (SSSR count). The largest absolute Gasteiger partial charge is 0.573 e. The summed E-state index contributed by atoms with van der Waals surface area (Å²) < 4.78 is 60.6. The molecule has 9 nitrogen and oxygen atoms in total. The normalized spacial score (nSPS) is 14.3. The molecule has 1 aliphatic rings. The number of ether oxygens (including phenoxy) is 2. The molecule has 0 bridgehead atoms. The van der Waals surface area contributed by atoms with Crippen molar-refractivity contribution in [2.45, 2.75) is 25.3 Å². The van der Waals surface area contributed by atoms with Crippen LogP contribution in [0.3, 0.4) is 0 Å². The third kappa shape index (κ3) is 6.71. The molecule has 0 spiro atoms. The van der Waals surface area contributed by atoms with E-state index >= 15 is 0 Å². The quantitative estimate of drug-likeness (QED) is 0.463. The summed E-state index contributed by atoms with van der Waals surface area (Å²) in [6.45, 7) is 1.15. The summed E-state index contributed by atoms with van der Waals surface area (Å²) in [5.74, 6) is -0.273. The maximum atomic E-state index is 13.9. The number of benzene rings is 2. The molecule has 0 aliphatic carbocycles. The summed E-state index contributed by atoms with van der Waals surface area (Å²) in [7, 11) is 1.45. The van der Waals surface area contributed by atoms with Crippen LogP contribution >= 0.6 is 0 Å². The van der Waals surface area contributed by atoms with Crippen LogP contribution in [0.2, 0.25) is 0 Å². The standard InChI is InChI=1S/C23H22F4N6O3/c1-28-20(34)14-10-15(24)12-16(11-14)31-21-29-13-30-22(32-21)33-8-6-18(7-9-33)35-17-2-4-19(5-3-17)36-23(25,26)27/h2-5,10-13,18H,6-9H2,1H3,(H,28,34)(H,29,30,31,32). The van der Waals surface area contributed by atoms with E-state index in [0.29, 0.717) is 43.3 Å². The first-order valence-electron chi connectivity index (χ1n) is 10.9. The highest BCUT2D eigenvalue weighted by Gasteiger charge is 2.31. The smallest absolute Gasteiger partial charge is 0.490 e. The predicted molar refractivity (Wildman–Crippen MR) is 122 cm³/mol.